The van der Waals surface area contributed by atoms with Crippen LogP contribution in [0.1, 0.15) is 20.7 Å². The molecule has 4 amide bonds. The number of hydrogen-bond acceptors (Lipinski definition) is 6. The summed E-state index contributed by atoms with van der Waals surface area (Å²) in [6, 6.07) is 40.0. The Kier molecular flexibility index (Phi) is 10.4. The van der Waals surface area contributed by atoms with E-state index in [1.165, 1.54) is 24.3 Å². The van der Waals surface area contributed by atoms with Crippen LogP contribution in [0.25, 0.3) is 22.3 Å². The van der Waals surface area contributed by atoms with Gasteiger partial charge in [0, 0.05) is 11.1 Å². The quantitative estimate of drug-likeness (QED) is 0.169. The fourth-order valence-corrected chi connectivity index (χ4v) is 4.29. The van der Waals surface area contributed by atoms with E-state index >= 15 is 0 Å². The first-order valence-electron chi connectivity index (χ1n) is 14.3. The van der Waals surface area contributed by atoms with Crippen LogP contribution in [0.2, 0.25) is 0 Å². The van der Waals surface area contributed by atoms with Gasteiger partial charge in [-0.15, -0.1) is 0 Å². The number of carbonyl (C=O) groups excluding carboxylic acids is 4. The van der Waals surface area contributed by atoms with Gasteiger partial charge in [0.1, 0.15) is 11.5 Å². The zero-order valence-corrected chi connectivity index (χ0v) is 24.6. The van der Waals surface area contributed by atoms with Gasteiger partial charge in [-0.1, -0.05) is 84.9 Å². The van der Waals surface area contributed by atoms with Crippen LogP contribution in [0.5, 0.6) is 11.5 Å². The third-order valence-electron chi connectivity index (χ3n) is 6.70. The first-order valence-corrected chi connectivity index (χ1v) is 14.3. The normalized spacial score (nSPS) is 10.3. The average Bonchev–Trinajstić information content (AvgIpc) is 3.12. The summed E-state index contributed by atoms with van der Waals surface area (Å²) in [6.07, 6.45) is 0. The van der Waals surface area contributed by atoms with Crippen molar-refractivity contribution < 1.29 is 28.7 Å². The standard InChI is InChI=1S/C36H30N4O6/c41-33(23-45-31-19-15-27(16-20-31)25-7-3-1-4-8-25)37-39-35(43)29-11-13-30(14-12-29)36(44)40-38-34(42)24-46-32-21-17-28(18-22-32)26-9-5-2-6-10-26/h1-22H,23-24H2,(H,37,41)(H,38,42)(H,39,43)(H,40,44). The third kappa shape index (κ3) is 8.80. The molecule has 0 aliphatic heterocycles. The maximum atomic E-state index is 12.4. The molecule has 0 unspecified atom stereocenters. The fraction of sp³-hybridized carbons (Fsp3) is 0.0556. The molecule has 0 radical (unpaired) electrons. The topological polar surface area (TPSA) is 135 Å². The van der Waals surface area contributed by atoms with Gasteiger partial charge in [0.05, 0.1) is 0 Å². The maximum absolute atomic E-state index is 12.4. The van der Waals surface area contributed by atoms with Gasteiger partial charge in [0.2, 0.25) is 0 Å². The van der Waals surface area contributed by atoms with Crippen molar-refractivity contribution in [1.82, 2.24) is 21.7 Å². The second-order valence-corrected chi connectivity index (χ2v) is 9.94. The van der Waals surface area contributed by atoms with Crippen molar-refractivity contribution in [2.75, 3.05) is 13.2 Å². The molecule has 5 rings (SSSR count). The van der Waals surface area contributed by atoms with E-state index in [9.17, 15) is 19.2 Å². The summed E-state index contributed by atoms with van der Waals surface area (Å²) in [6.45, 7) is -0.608. The summed E-state index contributed by atoms with van der Waals surface area (Å²) >= 11 is 0. The average molecular weight is 615 g/mol. The lowest BCUT2D eigenvalue weighted by Crippen LogP contribution is -2.44. The monoisotopic (exact) mass is 614 g/mol. The van der Waals surface area contributed by atoms with Gasteiger partial charge in [-0.3, -0.25) is 40.9 Å². The van der Waals surface area contributed by atoms with Gasteiger partial charge in [0.15, 0.2) is 13.2 Å². The molecule has 0 saturated carbocycles. The summed E-state index contributed by atoms with van der Waals surface area (Å²) in [5.41, 5.74) is 13.8. The summed E-state index contributed by atoms with van der Waals surface area (Å²) < 4.78 is 11.0. The Morgan fingerprint density at radius 3 is 1.07 bits per heavy atom. The zero-order valence-electron chi connectivity index (χ0n) is 24.6. The lowest BCUT2D eigenvalue weighted by atomic mass is 10.1. The molecule has 230 valence electrons. The summed E-state index contributed by atoms with van der Waals surface area (Å²) in [7, 11) is 0. The SMILES string of the molecule is O=C(COc1ccc(-c2ccccc2)cc1)NNC(=O)c1ccc(C(=O)NNC(=O)COc2ccc(-c3ccccc3)cc2)cc1. The number of amides is 4. The van der Waals surface area contributed by atoms with Crippen molar-refractivity contribution in [1.29, 1.82) is 0 Å². The third-order valence-corrected chi connectivity index (χ3v) is 6.70. The molecule has 0 bridgehead atoms. The molecule has 46 heavy (non-hydrogen) atoms. The number of carbonyl (C=O) groups is 4. The molecule has 5 aromatic rings. The first kappa shape index (κ1) is 31.0. The second kappa shape index (κ2) is 15.3. The lowest BCUT2D eigenvalue weighted by Gasteiger charge is -2.11. The van der Waals surface area contributed by atoms with Gasteiger partial charge < -0.3 is 9.47 Å². The molecule has 0 fully saturated rings. The van der Waals surface area contributed by atoms with E-state index in [-0.39, 0.29) is 24.3 Å². The van der Waals surface area contributed by atoms with Crippen molar-refractivity contribution in [3.63, 3.8) is 0 Å². The van der Waals surface area contributed by atoms with Crippen LogP contribution in [0.3, 0.4) is 0 Å². The Morgan fingerprint density at radius 1 is 0.391 bits per heavy atom. The Morgan fingerprint density at radius 2 is 0.717 bits per heavy atom. The Labute approximate surface area is 265 Å². The largest absolute Gasteiger partial charge is 0.484 e. The van der Waals surface area contributed by atoms with Crippen molar-refractivity contribution in [2.24, 2.45) is 0 Å². The molecule has 5 aromatic carbocycles. The molecule has 0 aromatic heterocycles. The molecule has 0 aliphatic carbocycles. The van der Waals surface area contributed by atoms with E-state index in [2.05, 4.69) is 21.7 Å². The smallest absolute Gasteiger partial charge is 0.276 e. The van der Waals surface area contributed by atoms with Crippen molar-refractivity contribution in [3.05, 3.63) is 145 Å². The summed E-state index contributed by atoms with van der Waals surface area (Å²) in [5, 5.41) is 0. The molecular formula is C36H30N4O6. The molecule has 0 atom stereocenters. The molecule has 4 N–H and O–H groups in total. The summed E-state index contributed by atoms with van der Waals surface area (Å²) in [5.74, 6) is -1.27. The van der Waals surface area contributed by atoms with Gasteiger partial charge in [-0.05, 0) is 70.8 Å². The minimum Gasteiger partial charge on any atom is -0.484 e. The number of nitrogens with one attached hydrogen (secondary N) is 4. The van der Waals surface area contributed by atoms with Crippen LogP contribution in [-0.4, -0.2) is 36.8 Å². The molecular weight excluding hydrogens is 584 g/mol. The first-order chi connectivity index (χ1) is 22.4. The zero-order chi connectivity index (χ0) is 32.1. The predicted molar refractivity (Wildman–Crippen MR) is 172 cm³/mol. The predicted octanol–water partition coefficient (Wildman–Crippen LogP) is 4.70. The highest BCUT2D eigenvalue weighted by Gasteiger charge is 2.12. The highest BCUT2D eigenvalue weighted by atomic mass is 16.5. The van der Waals surface area contributed by atoms with E-state index < -0.39 is 23.6 Å². The number of rotatable bonds is 10. The van der Waals surface area contributed by atoms with E-state index in [0.29, 0.717) is 11.5 Å². The second-order valence-electron chi connectivity index (χ2n) is 9.94. The molecule has 10 heteroatoms. The molecule has 0 heterocycles. The molecule has 0 aliphatic rings. The highest BCUT2D eigenvalue weighted by Crippen LogP contribution is 2.23. The lowest BCUT2D eigenvalue weighted by molar-refractivity contribution is -0.124. The van der Waals surface area contributed by atoms with Crippen LogP contribution in [0, 0.1) is 0 Å². The fourth-order valence-electron chi connectivity index (χ4n) is 4.29. The van der Waals surface area contributed by atoms with Crippen LogP contribution in [0.4, 0.5) is 0 Å². The Hall–Kier alpha value is -6.42. The highest BCUT2D eigenvalue weighted by molar-refractivity contribution is 5.99. The van der Waals surface area contributed by atoms with Gasteiger partial charge >= 0.3 is 0 Å². The Bertz CT molecular complexity index is 1640. The van der Waals surface area contributed by atoms with Gasteiger partial charge in [-0.2, -0.15) is 0 Å². The van der Waals surface area contributed by atoms with Crippen LogP contribution < -0.4 is 31.2 Å². The van der Waals surface area contributed by atoms with Crippen LogP contribution in [-0.2, 0) is 9.59 Å². The molecule has 0 spiro atoms. The minimum atomic E-state index is -0.588. The number of benzene rings is 5. The van der Waals surface area contributed by atoms with E-state index in [4.69, 9.17) is 9.47 Å². The molecule has 10 nitrogen and oxygen atoms in total. The van der Waals surface area contributed by atoms with Crippen molar-refractivity contribution in [2.45, 2.75) is 0 Å². The van der Waals surface area contributed by atoms with E-state index in [0.717, 1.165) is 22.3 Å². The van der Waals surface area contributed by atoms with E-state index in [1.807, 2.05) is 84.9 Å². The van der Waals surface area contributed by atoms with Gasteiger partial charge in [0.25, 0.3) is 23.6 Å². The van der Waals surface area contributed by atoms with Crippen molar-refractivity contribution >= 4 is 23.6 Å². The minimum absolute atomic E-state index is 0.199. The van der Waals surface area contributed by atoms with Crippen LogP contribution >= 0.6 is 0 Å². The van der Waals surface area contributed by atoms with Crippen LogP contribution in [0.15, 0.2) is 133 Å². The summed E-state index contributed by atoms with van der Waals surface area (Å²) in [4.78, 5) is 49.2. The van der Waals surface area contributed by atoms with Gasteiger partial charge in [-0.25, -0.2) is 0 Å². The number of hydrogen-bond donors (Lipinski definition) is 4. The van der Waals surface area contributed by atoms with Crippen molar-refractivity contribution in [3.8, 4) is 33.8 Å². The van der Waals surface area contributed by atoms with E-state index in [1.54, 1.807) is 24.3 Å². The number of ether oxygens (including phenoxy) is 2. The number of hydrazine groups is 2. The Balaban J connectivity index is 0.994. The maximum Gasteiger partial charge on any atom is 0.276 e. The molecule has 0 saturated heterocycles.